The van der Waals surface area contributed by atoms with Gasteiger partial charge in [0.1, 0.15) is 17.5 Å². The Bertz CT molecular complexity index is 644. The van der Waals surface area contributed by atoms with E-state index in [-0.39, 0.29) is 5.92 Å². The van der Waals surface area contributed by atoms with Crippen molar-refractivity contribution in [3.8, 4) is 0 Å². The fourth-order valence-electron chi connectivity index (χ4n) is 3.56. The van der Waals surface area contributed by atoms with E-state index < -0.39 is 53.3 Å². The number of hydrogen-bond acceptors (Lipinski definition) is 4. The van der Waals surface area contributed by atoms with Crippen LogP contribution in [0.3, 0.4) is 0 Å². The highest BCUT2D eigenvalue weighted by molar-refractivity contribution is 6.39. The van der Waals surface area contributed by atoms with Crippen LogP contribution in [-0.2, 0) is 19.2 Å². The van der Waals surface area contributed by atoms with E-state index in [2.05, 4.69) is 10.6 Å². The van der Waals surface area contributed by atoms with Crippen molar-refractivity contribution in [3.63, 3.8) is 0 Å². The van der Waals surface area contributed by atoms with Crippen molar-refractivity contribution < 1.29 is 28.0 Å². The first kappa shape index (κ1) is 18.7. The number of ketones is 1. The van der Waals surface area contributed by atoms with Gasteiger partial charge in [0.25, 0.3) is 11.8 Å². The largest absolute Gasteiger partial charge is 0.363 e. The molecule has 0 aromatic heterocycles. The minimum absolute atomic E-state index is 0.231. The predicted octanol–water partition coefficient (Wildman–Crippen LogP) is 0.410. The molecule has 9 heteroatoms. The first-order chi connectivity index (χ1) is 12.1. The quantitative estimate of drug-likeness (QED) is 0.536. The lowest BCUT2D eigenvalue weighted by atomic mass is 9.73. The smallest absolute Gasteiger partial charge is 0.287 e. The summed E-state index contributed by atoms with van der Waals surface area (Å²) >= 11 is 0. The van der Waals surface area contributed by atoms with Gasteiger partial charge in [0.05, 0.1) is 0 Å². The number of primary amides is 1. The Kier molecular flexibility index (Phi) is 4.74. The molecule has 2 atom stereocenters. The zero-order valence-corrected chi connectivity index (χ0v) is 14.4. The van der Waals surface area contributed by atoms with Crippen molar-refractivity contribution in [3.05, 3.63) is 0 Å². The highest BCUT2D eigenvalue weighted by Crippen LogP contribution is 2.48. The van der Waals surface area contributed by atoms with Crippen LogP contribution < -0.4 is 16.4 Å². The third kappa shape index (κ3) is 3.57. The summed E-state index contributed by atoms with van der Waals surface area (Å²) in [5.41, 5.74) is 3.74. The maximum absolute atomic E-state index is 13.1. The number of nitrogens with one attached hydrogen (secondary N) is 2. The molecule has 0 saturated heterocycles. The highest BCUT2D eigenvalue weighted by Gasteiger charge is 2.61. The van der Waals surface area contributed by atoms with Gasteiger partial charge in [-0.3, -0.25) is 19.2 Å². The molecule has 0 aliphatic heterocycles. The van der Waals surface area contributed by atoms with Crippen LogP contribution in [0.1, 0.15) is 51.4 Å². The van der Waals surface area contributed by atoms with E-state index in [1.54, 1.807) is 0 Å². The number of rotatable bonds is 8. The van der Waals surface area contributed by atoms with Crippen LogP contribution in [0.25, 0.3) is 0 Å². The second kappa shape index (κ2) is 6.59. The van der Waals surface area contributed by atoms with Crippen molar-refractivity contribution in [1.82, 2.24) is 10.6 Å². The predicted molar refractivity (Wildman–Crippen MR) is 85.9 cm³/mol. The van der Waals surface area contributed by atoms with Crippen molar-refractivity contribution in [1.29, 1.82) is 0 Å². The number of alkyl halides is 2. The topological polar surface area (TPSA) is 118 Å². The Morgan fingerprint density at radius 2 is 1.73 bits per heavy atom. The second-order valence-corrected chi connectivity index (χ2v) is 7.73. The first-order valence-electron chi connectivity index (χ1n) is 8.99. The lowest BCUT2D eigenvalue weighted by Gasteiger charge is -2.41. The summed E-state index contributed by atoms with van der Waals surface area (Å²) in [5, 5.41) is 4.97. The van der Waals surface area contributed by atoms with E-state index in [0.29, 0.717) is 25.7 Å². The third-order valence-electron chi connectivity index (χ3n) is 5.80. The molecule has 0 aromatic carbocycles. The summed E-state index contributed by atoms with van der Waals surface area (Å²) in [6.45, 7) is 0. The molecule has 0 spiro atoms. The first-order valence-corrected chi connectivity index (χ1v) is 8.99. The molecule has 0 bridgehead atoms. The molecule has 26 heavy (non-hydrogen) atoms. The number of hydrogen-bond donors (Lipinski definition) is 3. The normalized spacial score (nSPS) is 26.6. The van der Waals surface area contributed by atoms with Crippen LogP contribution in [0.4, 0.5) is 8.78 Å². The van der Waals surface area contributed by atoms with E-state index in [0.717, 1.165) is 19.3 Å². The number of Topliss-reactive ketones (excluding diaryl/α,β-unsaturated/α-hetero) is 1. The molecular weight excluding hydrogens is 348 g/mol. The maximum Gasteiger partial charge on any atom is 0.287 e. The van der Waals surface area contributed by atoms with E-state index in [1.165, 1.54) is 0 Å². The molecule has 4 N–H and O–H groups in total. The monoisotopic (exact) mass is 371 g/mol. The maximum atomic E-state index is 13.1. The van der Waals surface area contributed by atoms with E-state index in [9.17, 15) is 28.0 Å². The van der Waals surface area contributed by atoms with Gasteiger partial charge in [0, 0.05) is 6.42 Å². The van der Waals surface area contributed by atoms with Gasteiger partial charge in [-0.15, -0.1) is 0 Å². The number of nitrogens with two attached hydrogens (primary N) is 1. The van der Waals surface area contributed by atoms with Gasteiger partial charge in [-0.25, -0.2) is 8.78 Å². The average molecular weight is 371 g/mol. The van der Waals surface area contributed by atoms with Crippen LogP contribution in [0.2, 0.25) is 0 Å². The Balaban J connectivity index is 1.67. The molecule has 3 rings (SSSR count). The zero-order chi connectivity index (χ0) is 19.1. The van der Waals surface area contributed by atoms with Crippen molar-refractivity contribution in [2.75, 3.05) is 0 Å². The molecule has 3 aliphatic carbocycles. The zero-order valence-electron chi connectivity index (χ0n) is 14.4. The molecule has 3 fully saturated rings. The fraction of sp³-hybridized carbons (Fsp3) is 0.765. The summed E-state index contributed by atoms with van der Waals surface area (Å²) in [6, 6.07) is -0.998. The van der Waals surface area contributed by atoms with E-state index in [4.69, 9.17) is 5.73 Å². The van der Waals surface area contributed by atoms with Gasteiger partial charge >= 0.3 is 0 Å². The lowest BCUT2D eigenvalue weighted by Crippen LogP contribution is -2.65. The molecule has 1 unspecified atom stereocenters. The molecule has 0 radical (unpaired) electrons. The van der Waals surface area contributed by atoms with Gasteiger partial charge < -0.3 is 16.4 Å². The Morgan fingerprint density at radius 1 is 1.12 bits per heavy atom. The number of carbonyl (C=O) groups excluding carboxylic acids is 4. The summed E-state index contributed by atoms with van der Waals surface area (Å²) < 4.78 is 26.2. The molecule has 144 valence electrons. The van der Waals surface area contributed by atoms with Crippen molar-refractivity contribution in [2.45, 2.75) is 68.9 Å². The highest BCUT2D eigenvalue weighted by atomic mass is 19.3. The third-order valence-corrected chi connectivity index (χ3v) is 5.80. The SMILES string of the molecule is NC(=O)C(=O)C1(NC(=O)[C@H](CC2CCC2)NC(=O)C2CC2(F)F)CCC1. The summed E-state index contributed by atoms with van der Waals surface area (Å²) in [4.78, 5) is 48.0. The number of amides is 3. The Labute approximate surface area is 149 Å². The Hall–Kier alpha value is -2.06. The van der Waals surface area contributed by atoms with Crippen molar-refractivity contribution in [2.24, 2.45) is 17.6 Å². The molecule has 0 heterocycles. The van der Waals surface area contributed by atoms with Gasteiger partial charge in [-0.1, -0.05) is 19.3 Å². The van der Waals surface area contributed by atoms with Crippen LogP contribution in [0.15, 0.2) is 0 Å². The molecule has 3 saturated carbocycles. The summed E-state index contributed by atoms with van der Waals surface area (Å²) in [7, 11) is 0. The van der Waals surface area contributed by atoms with Gasteiger partial charge in [-0.05, 0) is 31.6 Å². The minimum atomic E-state index is -3.02. The number of halogens is 2. The van der Waals surface area contributed by atoms with Gasteiger partial charge in [-0.2, -0.15) is 0 Å². The summed E-state index contributed by atoms with van der Waals surface area (Å²) in [5.74, 6) is -7.64. The van der Waals surface area contributed by atoms with E-state index >= 15 is 0 Å². The minimum Gasteiger partial charge on any atom is -0.363 e. The number of carbonyl (C=O) groups is 4. The molecule has 3 aliphatic rings. The molecule has 0 aromatic rings. The molecule has 3 amide bonds. The molecule has 7 nitrogen and oxygen atoms in total. The van der Waals surface area contributed by atoms with Crippen LogP contribution in [0, 0.1) is 11.8 Å². The summed E-state index contributed by atoms with van der Waals surface area (Å²) in [6.07, 6.45) is 3.91. The van der Waals surface area contributed by atoms with Crippen molar-refractivity contribution >= 4 is 23.5 Å². The van der Waals surface area contributed by atoms with Gasteiger partial charge in [0.15, 0.2) is 0 Å². The van der Waals surface area contributed by atoms with Crippen LogP contribution >= 0.6 is 0 Å². The standard InChI is InChI=1S/C17H23F2N3O4/c18-17(19)8-10(17)14(25)21-11(7-9-3-1-4-9)15(26)22-16(5-2-6-16)12(23)13(20)24/h9-11H,1-8H2,(H2,20,24)(H,21,25)(H,22,26)/t10?,11-/m0/s1. The second-order valence-electron chi connectivity index (χ2n) is 7.73. The van der Waals surface area contributed by atoms with Crippen LogP contribution in [0.5, 0.6) is 0 Å². The Morgan fingerprint density at radius 3 is 2.12 bits per heavy atom. The fourth-order valence-corrected chi connectivity index (χ4v) is 3.56. The molecular formula is C17H23F2N3O4. The lowest BCUT2D eigenvalue weighted by molar-refractivity contribution is -0.145. The van der Waals surface area contributed by atoms with E-state index in [1.807, 2.05) is 0 Å². The van der Waals surface area contributed by atoms with Crippen LogP contribution in [-0.4, -0.2) is 41.0 Å². The average Bonchev–Trinajstić information content (AvgIpc) is 3.13. The van der Waals surface area contributed by atoms with Gasteiger partial charge in [0.2, 0.25) is 17.6 Å².